The van der Waals surface area contributed by atoms with Crippen molar-refractivity contribution in [1.29, 1.82) is 0 Å². The molecule has 0 fully saturated rings. The third-order valence-electron chi connectivity index (χ3n) is 4.20. The second-order valence-electron chi connectivity index (χ2n) is 6.02. The molecule has 3 rings (SSSR count). The lowest BCUT2D eigenvalue weighted by atomic mass is 10.0. The highest BCUT2D eigenvalue weighted by Gasteiger charge is 2.15. The number of aryl methyl sites for hydroxylation is 2. The first-order valence-electron chi connectivity index (χ1n) is 7.81. The summed E-state index contributed by atoms with van der Waals surface area (Å²) in [6, 6.07) is 10.1. The molecule has 0 aliphatic carbocycles. The number of fused-ring (bicyclic) bond motifs is 1. The monoisotopic (exact) mass is 307 g/mol. The molecule has 2 heterocycles. The first kappa shape index (κ1) is 15.3. The molecule has 0 radical (unpaired) electrons. The normalized spacial score (nSPS) is 12.3. The Kier molecular flexibility index (Phi) is 4.15. The van der Waals surface area contributed by atoms with Gasteiger partial charge in [-0.2, -0.15) is 0 Å². The average molecular weight is 307 g/mol. The van der Waals surface area contributed by atoms with E-state index < -0.39 is 0 Å². The molecular weight excluding hydrogens is 286 g/mol. The van der Waals surface area contributed by atoms with Gasteiger partial charge in [-0.05, 0) is 56.2 Å². The number of hydrogen-bond donors (Lipinski definition) is 2. The van der Waals surface area contributed by atoms with Gasteiger partial charge in [0.15, 0.2) is 0 Å². The van der Waals surface area contributed by atoms with Crippen molar-refractivity contribution in [2.75, 3.05) is 0 Å². The predicted molar refractivity (Wildman–Crippen MR) is 92.3 cm³/mol. The Morgan fingerprint density at radius 2 is 1.96 bits per heavy atom. The maximum Gasteiger partial charge on any atom is 0.224 e. The van der Waals surface area contributed by atoms with Gasteiger partial charge in [0.25, 0.3) is 0 Å². The van der Waals surface area contributed by atoms with Gasteiger partial charge in [0.05, 0.1) is 12.5 Å². The van der Waals surface area contributed by atoms with Gasteiger partial charge in [0.2, 0.25) is 5.91 Å². The molecule has 3 aromatic rings. The van der Waals surface area contributed by atoms with Crippen LogP contribution in [0.15, 0.2) is 42.7 Å². The third kappa shape index (κ3) is 3.26. The minimum absolute atomic E-state index is 0.0276. The van der Waals surface area contributed by atoms with Crippen LogP contribution >= 0.6 is 0 Å². The summed E-state index contributed by atoms with van der Waals surface area (Å²) in [7, 11) is 0. The molecule has 4 heteroatoms. The van der Waals surface area contributed by atoms with Gasteiger partial charge < -0.3 is 10.3 Å². The van der Waals surface area contributed by atoms with Crippen molar-refractivity contribution in [1.82, 2.24) is 15.3 Å². The standard InChI is InChI=1S/C19H21N3O/c1-12-4-5-18-17(10-12)16(14(3)21-18)11-19(23)22-13(2)15-6-8-20-9-7-15/h4-10,13,21H,11H2,1-3H3,(H,22,23)/t13-/m1/s1. The highest BCUT2D eigenvalue weighted by atomic mass is 16.1. The Morgan fingerprint density at radius 1 is 1.22 bits per heavy atom. The molecule has 0 unspecified atom stereocenters. The second kappa shape index (κ2) is 6.24. The second-order valence-corrected chi connectivity index (χ2v) is 6.02. The Bertz CT molecular complexity index is 836. The van der Waals surface area contributed by atoms with Crippen LogP contribution in [0, 0.1) is 13.8 Å². The number of rotatable bonds is 4. The summed E-state index contributed by atoms with van der Waals surface area (Å²) < 4.78 is 0. The van der Waals surface area contributed by atoms with Gasteiger partial charge in [0.1, 0.15) is 0 Å². The number of nitrogens with zero attached hydrogens (tertiary/aromatic N) is 1. The molecule has 0 aliphatic heterocycles. The highest BCUT2D eigenvalue weighted by Crippen LogP contribution is 2.24. The Labute approximate surface area is 136 Å². The summed E-state index contributed by atoms with van der Waals surface area (Å²) in [6.45, 7) is 6.07. The number of aromatic amines is 1. The Hall–Kier alpha value is -2.62. The van der Waals surface area contributed by atoms with Gasteiger partial charge in [-0.3, -0.25) is 9.78 Å². The van der Waals surface area contributed by atoms with Crippen molar-refractivity contribution >= 4 is 16.8 Å². The number of carbonyl (C=O) groups is 1. The summed E-state index contributed by atoms with van der Waals surface area (Å²) in [5, 5.41) is 4.19. The average Bonchev–Trinajstić information content (AvgIpc) is 2.84. The number of pyridine rings is 1. The fourth-order valence-electron chi connectivity index (χ4n) is 2.91. The van der Waals surface area contributed by atoms with Crippen molar-refractivity contribution in [3.05, 3.63) is 65.1 Å². The lowest BCUT2D eigenvalue weighted by molar-refractivity contribution is -0.121. The van der Waals surface area contributed by atoms with E-state index >= 15 is 0 Å². The highest BCUT2D eigenvalue weighted by molar-refractivity contribution is 5.90. The molecule has 0 saturated carbocycles. The van der Waals surface area contributed by atoms with Crippen LogP contribution in [-0.4, -0.2) is 15.9 Å². The Morgan fingerprint density at radius 3 is 2.70 bits per heavy atom. The zero-order valence-corrected chi connectivity index (χ0v) is 13.7. The van der Waals surface area contributed by atoms with Gasteiger partial charge >= 0.3 is 0 Å². The van der Waals surface area contributed by atoms with Crippen LogP contribution in [0.25, 0.3) is 10.9 Å². The maximum absolute atomic E-state index is 12.4. The lowest BCUT2D eigenvalue weighted by Crippen LogP contribution is -2.28. The molecule has 118 valence electrons. The van der Waals surface area contributed by atoms with E-state index in [0.717, 1.165) is 27.7 Å². The van der Waals surface area contributed by atoms with Crippen LogP contribution in [0.5, 0.6) is 0 Å². The predicted octanol–water partition coefficient (Wildman–Crippen LogP) is 3.60. The summed E-state index contributed by atoms with van der Waals surface area (Å²) in [5.74, 6) is 0.0276. The molecule has 2 N–H and O–H groups in total. The third-order valence-corrected chi connectivity index (χ3v) is 4.20. The molecule has 1 amide bonds. The van der Waals surface area contributed by atoms with E-state index in [1.807, 2.05) is 26.0 Å². The van der Waals surface area contributed by atoms with Crippen LogP contribution in [-0.2, 0) is 11.2 Å². The van der Waals surface area contributed by atoms with Crippen LogP contribution in [0.3, 0.4) is 0 Å². The van der Waals surface area contributed by atoms with E-state index in [4.69, 9.17) is 0 Å². The lowest BCUT2D eigenvalue weighted by Gasteiger charge is -2.14. The summed E-state index contributed by atoms with van der Waals surface area (Å²) in [6.07, 6.45) is 3.86. The minimum Gasteiger partial charge on any atom is -0.358 e. The number of amides is 1. The number of hydrogen-bond acceptors (Lipinski definition) is 2. The number of nitrogens with one attached hydrogen (secondary N) is 2. The van der Waals surface area contributed by atoms with Crippen LogP contribution in [0.2, 0.25) is 0 Å². The zero-order chi connectivity index (χ0) is 16.4. The zero-order valence-electron chi connectivity index (χ0n) is 13.7. The molecule has 0 bridgehead atoms. The van der Waals surface area contributed by atoms with E-state index in [1.54, 1.807) is 12.4 Å². The van der Waals surface area contributed by atoms with Crippen molar-refractivity contribution in [3.63, 3.8) is 0 Å². The van der Waals surface area contributed by atoms with Crippen molar-refractivity contribution in [2.24, 2.45) is 0 Å². The molecule has 23 heavy (non-hydrogen) atoms. The van der Waals surface area contributed by atoms with Crippen molar-refractivity contribution in [3.8, 4) is 0 Å². The van der Waals surface area contributed by atoms with Crippen molar-refractivity contribution < 1.29 is 4.79 Å². The van der Waals surface area contributed by atoms with Gasteiger partial charge in [-0.1, -0.05) is 11.6 Å². The molecule has 0 spiro atoms. The molecule has 1 aromatic carbocycles. The molecule has 4 nitrogen and oxygen atoms in total. The minimum atomic E-state index is -0.0299. The first-order chi connectivity index (χ1) is 11.0. The number of benzene rings is 1. The van der Waals surface area contributed by atoms with Gasteiger partial charge in [0, 0.05) is 29.0 Å². The molecule has 2 aromatic heterocycles. The summed E-state index contributed by atoms with van der Waals surface area (Å²) in [4.78, 5) is 19.8. The quantitative estimate of drug-likeness (QED) is 0.773. The largest absolute Gasteiger partial charge is 0.358 e. The number of H-pyrrole nitrogens is 1. The van der Waals surface area contributed by atoms with Gasteiger partial charge in [-0.25, -0.2) is 0 Å². The Balaban J connectivity index is 1.78. The van der Waals surface area contributed by atoms with E-state index in [1.165, 1.54) is 5.56 Å². The van der Waals surface area contributed by atoms with E-state index in [0.29, 0.717) is 6.42 Å². The maximum atomic E-state index is 12.4. The van der Waals surface area contributed by atoms with Crippen molar-refractivity contribution in [2.45, 2.75) is 33.2 Å². The molecule has 0 aliphatic rings. The fourth-order valence-corrected chi connectivity index (χ4v) is 2.91. The van der Waals surface area contributed by atoms with E-state index in [-0.39, 0.29) is 11.9 Å². The number of carbonyl (C=O) groups excluding carboxylic acids is 1. The van der Waals surface area contributed by atoms with Crippen LogP contribution in [0.1, 0.15) is 35.3 Å². The summed E-state index contributed by atoms with van der Waals surface area (Å²) in [5.41, 5.74) is 5.46. The molecular formula is C19H21N3O. The first-order valence-corrected chi connectivity index (χ1v) is 7.81. The molecule has 0 saturated heterocycles. The van der Waals surface area contributed by atoms with Gasteiger partial charge in [-0.15, -0.1) is 0 Å². The smallest absolute Gasteiger partial charge is 0.224 e. The SMILES string of the molecule is Cc1ccc2[nH]c(C)c(CC(=O)N[C@H](C)c3ccncc3)c2c1. The summed E-state index contributed by atoms with van der Waals surface area (Å²) >= 11 is 0. The van der Waals surface area contributed by atoms with Crippen LogP contribution in [0.4, 0.5) is 0 Å². The van der Waals surface area contributed by atoms with E-state index in [9.17, 15) is 4.79 Å². The fraction of sp³-hybridized carbons (Fsp3) is 0.263. The van der Waals surface area contributed by atoms with E-state index in [2.05, 4.69) is 40.4 Å². The topological polar surface area (TPSA) is 57.8 Å². The number of aromatic nitrogens is 2. The van der Waals surface area contributed by atoms with Crippen LogP contribution < -0.4 is 5.32 Å². The molecule has 1 atom stereocenters.